The molecule has 0 aliphatic carbocycles. The average molecular weight is 246 g/mol. The van der Waals surface area contributed by atoms with Crippen LogP contribution in [0.25, 0.3) is 0 Å². The third-order valence-corrected chi connectivity index (χ3v) is 3.43. The lowest BCUT2D eigenvalue weighted by atomic mass is 10.1. The smallest absolute Gasteiger partial charge is 0.119 e. The van der Waals surface area contributed by atoms with Crippen LogP contribution < -0.4 is 0 Å². The summed E-state index contributed by atoms with van der Waals surface area (Å²) in [4.78, 5) is 9.28. The topological polar surface area (TPSA) is 46.0 Å². The first kappa shape index (κ1) is 12.1. The summed E-state index contributed by atoms with van der Waals surface area (Å²) < 4.78 is 0. The summed E-state index contributed by atoms with van der Waals surface area (Å²) in [6.07, 6.45) is 5.32. The van der Waals surface area contributed by atoms with Crippen LogP contribution in [0, 0.1) is 0 Å². The molecule has 1 atom stereocenters. The van der Waals surface area contributed by atoms with Gasteiger partial charge in [-0.05, 0) is 18.1 Å². The maximum absolute atomic E-state index is 9.94. The van der Waals surface area contributed by atoms with Crippen LogP contribution in [-0.4, -0.2) is 15.1 Å². The Hall–Kier alpha value is -1.39. The predicted molar refractivity (Wildman–Crippen MR) is 67.8 cm³/mol. The SMILES string of the molecule is CCC(O)c1ccccc1Sc1cnccn1. The van der Waals surface area contributed by atoms with Crippen LogP contribution in [0.3, 0.4) is 0 Å². The highest BCUT2D eigenvalue weighted by Crippen LogP contribution is 2.32. The second kappa shape index (κ2) is 5.80. The number of aliphatic hydroxyl groups excluding tert-OH is 1. The predicted octanol–water partition coefficient (Wildman–Crippen LogP) is 3.07. The molecule has 1 aromatic heterocycles. The van der Waals surface area contributed by atoms with Crippen molar-refractivity contribution in [3.63, 3.8) is 0 Å². The maximum Gasteiger partial charge on any atom is 0.119 e. The van der Waals surface area contributed by atoms with Crippen molar-refractivity contribution in [3.8, 4) is 0 Å². The fourth-order valence-corrected chi connectivity index (χ4v) is 2.44. The Morgan fingerprint density at radius 2 is 2.12 bits per heavy atom. The van der Waals surface area contributed by atoms with Crippen LogP contribution in [-0.2, 0) is 0 Å². The normalized spacial score (nSPS) is 12.4. The Balaban J connectivity index is 2.27. The molecular weight excluding hydrogens is 232 g/mol. The summed E-state index contributed by atoms with van der Waals surface area (Å²) in [5.41, 5.74) is 0.950. The van der Waals surface area contributed by atoms with Crippen molar-refractivity contribution in [1.29, 1.82) is 0 Å². The molecule has 3 nitrogen and oxygen atoms in total. The van der Waals surface area contributed by atoms with E-state index >= 15 is 0 Å². The molecule has 0 saturated carbocycles. The van der Waals surface area contributed by atoms with Crippen molar-refractivity contribution in [2.45, 2.75) is 29.4 Å². The second-order valence-electron chi connectivity index (χ2n) is 3.61. The highest BCUT2D eigenvalue weighted by Gasteiger charge is 2.11. The molecular formula is C13H14N2OS. The number of hydrogen-bond acceptors (Lipinski definition) is 4. The molecule has 1 heterocycles. The Morgan fingerprint density at radius 3 is 2.82 bits per heavy atom. The fourth-order valence-electron chi connectivity index (χ4n) is 1.52. The zero-order valence-electron chi connectivity index (χ0n) is 9.58. The first-order valence-corrected chi connectivity index (χ1v) is 6.33. The minimum absolute atomic E-state index is 0.421. The van der Waals surface area contributed by atoms with Gasteiger partial charge in [0.05, 0.1) is 12.3 Å². The Kier molecular flexibility index (Phi) is 4.12. The number of aliphatic hydroxyl groups is 1. The molecule has 2 aromatic rings. The molecule has 2 rings (SSSR count). The van der Waals surface area contributed by atoms with Gasteiger partial charge >= 0.3 is 0 Å². The van der Waals surface area contributed by atoms with E-state index < -0.39 is 6.10 Å². The van der Waals surface area contributed by atoms with E-state index in [4.69, 9.17) is 0 Å². The van der Waals surface area contributed by atoms with Crippen molar-refractivity contribution in [1.82, 2.24) is 9.97 Å². The largest absolute Gasteiger partial charge is 0.388 e. The number of rotatable bonds is 4. The quantitative estimate of drug-likeness (QED) is 0.900. The molecule has 17 heavy (non-hydrogen) atoms. The van der Waals surface area contributed by atoms with E-state index in [1.54, 1.807) is 18.6 Å². The first-order chi connectivity index (χ1) is 8.31. The standard InChI is InChI=1S/C13H14N2OS/c1-2-11(16)10-5-3-4-6-12(10)17-13-9-14-7-8-15-13/h3-9,11,16H,2H2,1H3. The third-order valence-electron chi connectivity index (χ3n) is 2.42. The number of nitrogens with zero attached hydrogens (tertiary/aromatic N) is 2. The molecule has 88 valence electrons. The Morgan fingerprint density at radius 1 is 1.29 bits per heavy atom. The van der Waals surface area contributed by atoms with E-state index in [0.29, 0.717) is 6.42 Å². The average Bonchev–Trinajstić information content (AvgIpc) is 2.40. The molecule has 0 fully saturated rings. The lowest BCUT2D eigenvalue weighted by Crippen LogP contribution is -1.97. The third kappa shape index (κ3) is 3.05. The molecule has 4 heteroatoms. The lowest BCUT2D eigenvalue weighted by Gasteiger charge is -2.12. The zero-order valence-corrected chi connectivity index (χ0v) is 10.4. The van der Waals surface area contributed by atoms with E-state index in [-0.39, 0.29) is 0 Å². The molecule has 0 aliphatic rings. The molecule has 0 amide bonds. The second-order valence-corrected chi connectivity index (χ2v) is 4.67. The lowest BCUT2D eigenvalue weighted by molar-refractivity contribution is 0.171. The molecule has 0 aliphatic heterocycles. The van der Waals surface area contributed by atoms with Crippen molar-refractivity contribution in [2.75, 3.05) is 0 Å². The summed E-state index contributed by atoms with van der Waals surface area (Å²) in [6.45, 7) is 1.97. The van der Waals surface area contributed by atoms with Crippen LogP contribution in [0.1, 0.15) is 25.0 Å². The van der Waals surface area contributed by atoms with E-state index in [9.17, 15) is 5.11 Å². The summed E-state index contributed by atoms with van der Waals surface area (Å²) in [5.74, 6) is 0. The van der Waals surface area contributed by atoms with Gasteiger partial charge in [0.1, 0.15) is 5.03 Å². The molecule has 0 saturated heterocycles. The van der Waals surface area contributed by atoms with Gasteiger partial charge in [-0.1, -0.05) is 36.9 Å². The first-order valence-electron chi connectivity index (χ1n) is 5.52. The Bertz CT molecular complexity index is 476. The zero-order chi connectivity index (χ0) is 12.1. The highest BCUT2D eigenvalue weighted by atomic mass is 32.2. The van der Waals surface area contributed by atoms with E-state index in [1.165, 1.54) is 11.8 Å². The van der Waals surface area contributed by atoms with E-state index in [0.717, 1.165) is 15.5 Å². The summed E-state index contributed by atoms with van der Waals surface area (Å²) in [5, 5.41) is 10.8. The molecule has 1 aromatic carbocycles. The maximum atomic E-state index is 9.94. The Labute approximate surface area is 105 Å². The van der Waals surface area contributed by atoms with Crippen LogP contribution in [0.15, 0.2) is 52.8 Å². The van der Waals surface area contributed by atoms with Gasteiger partial charge in [0, 0.05) is 17.3 Å². The van der Waals surface area contributed by atoms with Crippen molar-refractivity contribution in [2.24, 2.45) is 0 Å². The van der Waals surface area contributed by atoms with Gasteiger partial charge in [-0.3, -0.25) is 4.98 Å². The van der Waals surface area contributed by atoms with Gasteiger partial charge < -0.3 is 5.11 Å². The van der Waals surface area contributed by atoms with Crippen LogP contribution in [0.4, 0.5) is 0 Å². The number of aromatic nitrogens is 2. The van der Waals surface area contributed by atoms with Crippen LogP contribution in [0.5, 0.6) is 0 Å². The van der Waals surface area contributed by atoms with Gasteiger partial charge in [-0.2, -0.15) is 0 Å². The van der Waals surface area contributed by atoms with Crippen LogP contribution in [0.2, 0.25) is 0 Å². The summed E-state index contributed by atoms with van der Waals surface area (Å²) >= 11 is 1.52. The van der Waals surface area contributed by atoms with Crippen molar-refractivity contribution >= 4 is 11.8 Å². The van der Waals surface area contributed by atoms with Gasteiger partial charge in [0.15, 0.2) is 0 Å². The van der Waals surface area contributed by atoms with E-state index in [2.05, 4.69) is 9.97 Å². The van der Waals surface area contributed by atoms with Gasteiger partial charge in [0.25, 0.3) is 0 Å². The molecule has 1 N–H and O–H groups in total. The molecule has 0 spiro atoms. The molecule has 0 radical (unpaired) electrons. The summed E-state index contributed by atoms with van der Waals surface area (Å²) in [6, 6.07) is 7.85. The number of benzene rings is 1. The van der Waals surface area contributed by atoms with Gasteiger partial charge in [0.2, 0.25) is 0 Å². The van der Waals surface area contributed by atoms with Gasteiger partial charge in [-0.25, -0.2) is 4.98 Å². The minimum atomic E-state index is -0.421. The van der Waals surface area contributed by atoms with Gasteiger partial charge in [-0.15, -0.1) is 0 Å². The summed E-state index contributed by atoms with van der Waals surface area (Å²) in [7, 11) is 0. The molecule has 1 unspecified atom stereocenters. The number of hydrogen-bond donors (Lipinski definition) is 1. The van der Waals surface area contributed by atoms with Crippen molar-refractivity contribution in [3.05, 3.63) is 48.4 Å². The van der Waals surface area contributed by atoms with E-state index in [1.807, 2.05) is 31.2 Å². The monoisotopic (exact) mass is 246 g/mol. The molecule has 0 bridgehead atoms. The minimum Gasteiger partial charge on any atom is -0.388 e. The van der Waals surface area contributed by atoms with Crippen molar-refractivity contribution < 1.29 is 5.11 Å². The highest BCUT2D eigenvalue weighted by molar-refractivity contribution is 7.99. The fraction of sp³-hybridized carbons (Fsp3) is 0.231. The van der Waals surface area contributed by atoms with Crippen LogP contribution >= 0.6 is 11.8 Å².